The number of nitrogens with one attached hydrogen (secondary N) is 1. The number of benzene rings is 2. The lowest BCUT2D eigenvalue weighted by Crippen LogP contribution is -2.12. The molecule has 0 saturated heterocycles. The van der Waals surface area contributed by atoms with E-state index in [1.54, 1.807) is 36.4 Å². The summed E-state index contributed by atoms with van der Waals surface area (Å²) in [6, 6.07) is 11.1. The fourth-order valence-electron chi connectivity index (χ4n) is 1.84. The van der Waals surface area contributed by atoms with Crippen molar-refractivity contribution < 1.29 is 13.2 Å². The van der Waals surface area contributed by atoms with Gasteiger partial charge in [-0.1, -0.05) is 35.3 Å². The standard InChI is InChI=1S/C15H13Cl2NO3S/c1-22(20,21)9-10-2-4-11(5-3-10)15(19)18-14-7-6-12(16)8-13(14)17/h2-8H,9H2,1H3,(H,18,19). The van der Waals surface area contributed by atoms with E-state index in [9.17, 15) is 13.2 Å². The Balaban J connectivity index is 2.13. The minimum absolute atomic E-state index is 0.0576. The zero-order chi connectivity index (χ0) is 16.3. The van der Waals surface area contributed by atoms with Crippen LogP contribution < -0.4 is 5.32 Å². The summed E-state index contributed by atoms with van der Waals surface area (Å²) < 4.78 is 22.4. The van der Waals surface area contributed by atoms with E-state index in [1.807, 2.05) is 0 Å². The monoisotopic (exact) mass is 357 g/mol. The highest BCUT2D eigenvalue weighted by atomic mass is 35.5. The second-order valence-corrected chi connectivity index (χ2v) is 7.83. The number of anilines is 1. The molecule has 1 amide bonds. The summed E-state index contributed by atoms with van der Waals surface area (Å²) in [6.07, 6.45) is 1.16. The smallest absolute Gasteiger partial charge is 0.255 e. The van der Waals surface area contributed by atoms with Crippen molar-refractivity contribution in [2.75, 3.05) is 11.6 Å². The van der Waals surface area contributed by atoms with Crippen molar-refractivity contribution >= 4 is 44.6 Å². The molecule has 0 fully saturated rings. The van der Waals surface area contributed by atoms with Crippen molar-refractivity contribution in [3.8, 4) is 0 Å². The minimum Gasteiger partial charge on any atom is -0.321 e. The summed E-state index contributed by atoms with van der Waals surface area (Å²) in [5.74, 6) is -0.395. The van der Waals surface area contributed by atoms with Crippen LogP contribution in [0.2, 0.25) is 10.0 Å². The zero-order valence-corrected chi connectivity index (χ0v) is 14.0. The third-order valence-electron chi connectivity index (χ3n) is 2.82. The van der Waals surface area contributed by atoms with E-state index < -0.39 is 9.84 Å². The van der Waals surface area contributed by atoms with Crippen LogP contribution in [0.4, 0.5) is 5.69 Å². The van der Waals surface area contributed by atoms with Crippen LogP contribution in [-0.4, -0.2) is 20.6 Å². The van der Waals surface area contributed by atoms with Gasteiger partial charge in [0.05, 0.1) is 16.5 Å². The van der Waals surface area contributed by atoms with E-state index >= 15 is 0 Å². The molecular formula is C15H13Cl2NO3S. The van der Waals surface area contributed by atoms with Crippen LogP contribution in [0.15, 0.2) is 42.5 Å². The molecule has 22 heavy (non-hydrogen) atoms. The molecule has 0 aliphatic rings. The van der Waals surface area contributed by atoms with E-state index in [0.29, 0.717) is 26.9 Å². The first-order valence-electron chi connectivity index (χ1n) is 6.28. The molecule has 2 rings (SSSR count). The van der Waals surface area contributed by atoms with Crippen LogP contribution in [0, 0.1) is 0 Å². The summed E-state index contributed by atoms with van der Waals surface area (Å²) in [4.78, 5) is 12.1. The van der Waals surface area contributed by atoms with Crippen LogP contribution in [0.5, 0.6) is 0 Å². The van der Waals surface area contributed by atoms with Crippen molar-refractivity contribution in [2.45, 2.75) is 5.75 Å². The maximum Gasteiger partial charge on any atom is 0.255 e. The van der Waals surface area contributed by atoms with Gasteiger partial charge in [-0.15, -0.1) is 0 Å². The van der Waals surface area contributed by atoms with E-state index in [0.717, 1.165) is 6.26 Å². The Morgan fingerprint density at radius 2 is 1.73 bits per heavy atom. The van der Waals surface area contributed by atoms with Gasteiger partial charge in [-0.05, 0) is 35.9 Å². The summed E-state index contributed by atoms with van der Waals surface area (Å²) in [7, 11) is -3.10. The Hall–Kier alpha value is -1.56. The molecule has 0 bridgehead atoms. The summed E-state index contributed by atoms with van der Waals surface area (Å²) in [6.45, 7) is 0. The highest BCUT2D eigenvalue weighted by molar-refractivity contribution is 7.89. The number of rotatable bonds is 4. The van der Waals surface area contributed by atoms with Gasteiger partial charge >= 0.3 is 0 Å². The van der Waals surface area contributed by atoms with Crippen LogP contribution in [0.1, 0.15) is 15.9 Å². The zero-order valence-electron chi connectivity index (χ0n) is 11.6. The second kappa shape index (κ2) is 6.69. The molecule has 116 valence electrons. The average Bonchev–Trinajstić information content (AvgIpc) is 2.41. The van der Waals surface area contributed by atoms with Crippen LogP contribution in [0.3, 0.4) is 0 Å². The molecule has 0 aromatic heterocycles. The first-order chi connectivity index (χ1) is 10.2. The van der Waals surface area contributed by atoms with E-state index in [-0.39, 0.29) is 11.7 Å². The first-order valence-corrected chi connectivity index (χ1v) is 9.09. The molecule has 2 aromatic carbocycles. The van der Waals surface area contributed by atoms with Gasteiger partial charge in [-0.25, -0.2) is 8.42 Å². The number of hydrogen-bond acceptors (Lipinski definition) is 3. The summed E-state index contributed by atoms with van der Waals surface area (Å²) in [5, 5.41) is 3.50. The van der Waals surface area contributed by atoms with Gasteiger partial charge in [0.15, 0.2) is 9.84 Å². The topological polar surface area (TPSA) is 63.2 Å². The lowest BCUT2D eigenvalue weighted by molar-refractivity contribution is 0.102. The second-order valence-electron chi connectivity index (χ2n) is 4.85. The quantitative estimate of drug-likeness (QED) is 0.905. The van der Waals surface area contributed by atoms with Crippen LogP contribution in [-0.2, 0) is 15.6 Å². The number of sulfone groups is 1. The molecule has 1 N–H and O–H groups in total. The molecule has 2 aromatic rings. The molecule has 0 aliphatic carbocycles. The molecule has 0 unspecified atom stereocenters. The SMILES string of the molecule is CS(=O)(=O)Cc1ccc(C(=O)Nc2ccc(Cl)cc2Cl)cc1. The maximum atomic E-state index is 12.1. The highest BCUT2D eigenvalue weighted by Crippen LogP contribution is 2.25. The maximum absolute atomic E-state index is 12.1. The van der Waals surface area contributed by atoms with E-state index in [4.69, 9.17) is 23.2 Å². The third-order valence-corrected chi connectivity index (χ3v) is 4.23. The van der Waals surface area contributed by atoms with Crippen molar-refractivity contribution in [1.82, 2.24) is 0 Å². The first kappa shape index (κ1) is 16.8. The fourth-order valence-corrected chi connectivity index (χ4v) is 3.09. The molecule has 4 nitrogen and oxygen atoms in total. The number of halogens is 2. The molecule has 7 heteroatoms. The third kappa shape index (κ3) is 4.73. The van der Waals surface area contributed by atoms with Gasteiger partial charge in [0, 0.05) is 16.8 Å². The van der Waals surface area contributed by atoms with Crippen molar-refractivity contribution in [1.29, 1.82) is 0 Å². The van der Waals surface area contributed by atoms with Crippen LogP contribution in [0.25, 0.3) is 0 Å². The molecule has 0 radical (unpaired) electrons. The Morgan fingerprint density at radius 3 is 2.27 bits per heavy atom. The molecular weight excluding hydrogens is 345 g/mol. The highest BCUT2D eigenvalue weighted by Gasteiger charge is 2.10. The number of amides is 1. The number of carbonyl (C=O) groups excluding carboxylic acids is 1. The van der Waals surface area contributed by atoms with Gasteiger partial charge in [0.2, 0.25) is 0 Å². The van der Waals surface area contributed by atoms with E-state index in [2.05, 4.69) is 5.32 Å². The molecule has 0 saturated carbocycles. The lowest BCUT2D eigenvalue weighted by Gasteiger charge is -2.08. The molecule has 0 heterocycles. The van der Waals surface area contributed by atoms with E-state index in [1.165, 1.54) is 6.07 Å². The average molecular weight is 358 g/mol. The predicted molar refractivity (Wildman–Crippen MR) is 89.4 cm³/mol. The molecule has 0 aliphatic heterocycles. The summed E-state index contributed by atoms with van der Waals surface area (Å²) in [5.41, 5.74) is 1.49. The largest absolute Gasteiger partial charge is 0.321 e. The van der Waals surface area contributed by atoms with Gasteiger partial charge < -0.3 is 5.32 Å². The normalized spacial score (nSPS) is 11.2. The number of hydrogen-bond donors (Lipinski definition) is 1. The minimum atomic E-state index is -3.10. The Bertz CT molecular complexity index is 802. The predicted octanol–water partition coefficient (Wildman–Crippen LogP) is 3.79. The lowest BCUT2D eigenvalue weighted by atomic mass is 10.1. The van der Waals surface area contributed by atoms with Gasteiger partial charge in [0.25, 0.3) is 5.91 Å². The van der Waals surface area contributed by atoms with Crippen molar-refractivity contribution in [3.63, 3.8) is 0 Å². The fraction of sp³-hybridized carbons (Fsp3) is 0.133. The van der Waals surface area contributed by atoms with Crippen molar-refractivity contribution in [2.24, 2.45) is 0 Å². The molecule has 0 spiro atoms. The van der Waals surface area contributed by atoms with Gasteiger partial charge in [-0.3, -0.25) is 4.79 Å². The Kier molecular flexibility index (Phi) is 5.11. The van der Waals surface area contributed by atoms with Gasteiger partial charge in [0.1, 0.15) is 0 Å². The Morgan fingerprint density at radius 1 is 1.09 bits per heavy atom. The summed E-state index contributed by atoms with van der Waals surface area (Å²) >= 11 is 11.8. The van der Waals surface area contributed by atoms with Crippen molar-refractivity contribution in [3.05, 3.63) is 63.6 Å². The van der Waals surface area contributed by atoms with Crippen LogP contribution >= 0.6 is 23.2 Å². The molecule has 0 atom stereocenters. The number of carbonyl (C=O) groups is 1. The Labute approximate surface area is 139 Å². The van der Waals surface area contributed by atoms with Gasteiger partial charge in [-0.2, -0.15) is 0 Å².